The van der Waals surface area contributed by atoms with Crippen LogP contribution in [0.4, 0.5) is 5.69 Å². The van der Waals surface area contributed by atoms with Gasteiger partial charge in [-0.1, -0.05) is 15.9 Å². The van der Waals surface area contributed by atoms with Crippen molar-refractivity contribution >= 4 is 39.1 Å². The first-order valence-electron chi connectivity index (χ1n) is 8.80. The molecule has 0 atom stereocenters. The fraction of sp³-hybridized carbons (Fsp3) is 0.500. The molecular formula is C18H20BrN3O4. The van der Waals surface area contributed by atoms with Crippen molar-refractivity contribution in [3.05, 3.63) is 28.7 Å². The lowest BCUT2D eigenvalue weighted by Gasteiger charge is -2.38. The van der Waals surface area contributed by atoms with Crippen LogP contribution in [0.3, 0.4) is 0 Å². The van der Waals surface area contributed by atoms with Gasteiger partial charge in [0.15, 0.2) is 5.79 Å². The fourth-order valence-corrected chi connectivity index (χ4v) is 3.77. The van der Waals surface area contributed by atoms with Gasteiger partial charge in [-0.2, -0.15) is 5.10 Å². The second kappa shape index (κ2) is 7.09. The van der Waals surface area contributed by atoms with Gasteiger partial charge in [0.1, 0.15) is 5.71 Å². The molecule has 0 aromatic heterocycles. The summed E-state index contributed by atoms with van der Waals surface area (Å²) in [5, 5.41) is 5.69. The first-order chi connectivity index (χ1) is 12.6. The van der Waals surface area contributed by atoms with E-state index in [1.807, 2.05) is 12.1 Å². The van der Waals surface area contributed by atoms with Gasteiger partial charge >= 0.3 is 0 Å². The molecule has 0 bridgehead atoms. The molecule has 3 aliphatic rings. The van der Waals surface area contributed by atoms with Gasteiger partial charge in [0.2, 0.25) is 5.91 Å². The molecule has 7 nitrogen and oxygen atoms in total. The van der Waals surface area contributed by atoms with Crippen molar-refractivity contribution in [1.82, 2.24) is 4.90 Å². The fourth-order valence-electron chi connectivity index (χ4n) is 3.51. The molecule has 0 unspecified atom stereocenters. The minimum absolute atomic E-state index is 0.103. The number of hydrogen-bond donors (Lipinski definition) is 0. The third-order valence-corrected chi connectivity index (χ3v) is 5.51. The van der Waals surface area contributed by atoms with Crippen molar-refractivity contribution in [3.63, 3.8) is 0 Å². The summed E-state index contributed by atoms with van der Waals surface area (Å²) in [5.74, 6) is -0.716. The number of likely N-dealkylation sites (tertiary alicyclic amines) is 1. The van der Waals surface area contributed by atoms with Gasteiger partial charge in [-0.3, -0.25) is 9.59 Å². The Balaban J connectivity index is 1.47. The lowest BCUT2D eigenvalue weighted by Crippen LogP contribution is -2.50. The highest BCUT2D eigenvalue weighted by atomic mass is 79.9. The third kappa shape index (κ3) is 3.41. The van der Waals surface area contributed by atoms with Gasteiger partial charge in [0.25, 0.3) is 5.91 Å². The molecule has 2 amide bonds. The number of carbonyl (C=O) groups excluding carboxylic acids is 2. The number of piperidine rings is 1. The molecule has 2 fully saturated rings. The van der Waals surface area contributed by atoms with E-state index in [-0.39, 0.29) is 18.2 Å². The normalized spacial score (nSPS) is 22.7. The molecule has 3 heterocycles. The number of halogens is 1. The van der Waals surface area contributed by atoms with E-state index in [9.17, 15) is 9.59 Å². The number of rotatable bonds is 2. The summed E-state index contributed by atoms with van der Waals surface area (Å²) in [6.07, 6.45) is 1.99. The van der Waals surface area contributed by atoms with Crippen LogP contribution < -0.4 is 5.01 Å². The second-order valence-electron chi connectivity index (χ2n) is 6.63. The van der Waals surface area contributed by atoms with E-state index in [0.29, 0.717) is 57.0 Å². The van der Waals surface area contributed by atoms with Crippen LogP contribution in [0.15, 0.2) is 33.8 Å². The van der Waals surface area contributed by atoms with Gasteiger partial charge in [-0.15, -0.1) is 0 Å². The average molecular weight is 422 g/mol. The number of anilines is 1. The molecule has 0 saturated carbocycles. The predicted molar refractivity (Wildman–Crippen MR) is 98.7 cm³/mol. The number of carbonyl (C=O) groups is 2. The molecule has 0 radical (unpaired) electrons. The first-order valence-corrected chi connectivity index (χ1v) is 9.59. The van der Waals surface area contributed by atoms with Crippen LogP contribution in [0.5, 0.6) is 0 Å². The molecule has 138 valence electrons. The van der Waals surface area contributed by atoms with Crippen molar-refractivity contribution in [2.75, 3.05) is 31.3 Å². The lowest BCUT2D eigenvalue weighted by molar-refractivity contribution is -0.186. The number of benzene rings is 1. The van der Waals surface area contributed by atoms with Crippen LogP contribution >= 0.6 is 15.9 Å². The molecule has 4 rings (SSSR count). The Kier molecular flexibility index (Phi) is 4.81. The van der Waals surface area contributed by atoms with Crippen molar-refractivity contribution in [2.24, 2.45) is 5.10 Å². The van der Waals surface area contributed by atoms with Gasteiger partial charge < -0.3 is 14.4 Å². The van der Waals surface area contributed by atoms with E-state index < -0.39 is 5.79 Å². The zero-order valence-electron chi connectivity index (χ0n) is 14.3. The molecule has 0 N–H and O–H groups in total. The summed E-state index contributed by atoms with van der Waals surface area (Å²) in [7, 11) is 0. The monoisotopic (exact) mass is 421 g/mol. The second-order valence-corrected chi connectivity index (χ2v) is 7.54. The van der Waals surface area contributed by atoms with Crippen molar-refractivity contribution in [2.45, 2.75) is 31.5 Å². The van der Waals surface area contributed by atoms with Crippen LogP contribution in [-0.4, -0.2) is 54.5 Å². The number of nitrogens with zero attached hydrogens (tertiary/aromatic N) is 3. The standard InChI is InChI=1S/C18H20BrN3O4/c19-13-1-3-14(4-2-13)22-16(23)6-5-15(20-22)17(24)21-9-7-18(8-10-21)25-11-12-26-18/h1-4H,5-12H2. The summed E-state index contributed by atoms with van der Waals surface area (Å²) >= 11 is 3.38. The minimum Gasteiger partial charge on any atom is -0.347 e. The largest absolute Gasteiger partial charge is 0.347 e. The first kappa shape index (κ1) is 17.6. The number of hydrogen-bond acceptors (Lipinski definition) is 5. The van der Waals surface area contributed by atoms with Crippen LogP contribution in [0.25, 0.3) is 0 Å². The predicted octanol–water partition coefficient (Wildman–Crippen LogP) is 2.30. The van der Waals surface area contributed by atoms with Crippen molar-refractivity contribution < 1.29 is 19.1 Å². The van der Waals surface area contributed by atoms with Crippen LogP contribution in [0, 0.1) is 0 Å². The number of hydrazone groups is 1. The van der Waals surface area contributed by atoms with E-state index in [4.69, 9.17) is 9.47 Å². The molecular weight excluding hydrogens is 402 g/mol. The smallest absolute Gasteiger partial charge is 0.270 e. The highest BCUT2D eigenvalue weighted by Crippen LogP contribution is 2.31. The van der Waals surface area contributed by atoms with Gasteiger partial charge in [0, 0.05) is 43.2 Å². The maximum Gasteiger partial charge on any atom is 0.270 e. The zero-order valence-corrected chi connectivity index (χ0v) is 15.9. The summed E-state index contributed by atoms with van der Waals surface area (Å²) in [6, 6.07) is 7.30. The Morgan fingerprint density at radius 1 is 1.08 bits per heavy atom. The Labute approximate surface area is 160 Å². The molecule has 3 aliphatic heterocycles. The van der Waals surface area contributed by atoms with Crippen LogP contribution in [0.1, 0.15) is 25.7 Å². The molecule has 1 aromatic rings. The van der Waals surface area contributed by atoms with Crippen LogP contribution in [-0.2, 0) is 19.1 Å². The maximum absolute atomic E-state index is 12.9. The topological polar surface area (TPSA) is 71.4 Å². The van der Waals surface area contributed by atoms with E-state index in [1.165, 1.54) is 5.01 Å². The highest BCUT2D eigenvalue weighted by Gasteiger charge is 2.41. The van der Waals surface area contributed by atoms with Gasteiger partial charge in [0.05, 0.1) is 18.9 Å². The maximum atomic E-state index is 12.9. The molecule has 1 aromatic carbocycles. The van der Waals surface area contributed by atoms with Gasteiger partial charge in [-0.05, 0) is 24.3 Å². The van der Waals surface area contributed by atoms with E-state index in [0.717, 1.165) is 4.47 Å². The summed E-state index contributed by atoms with van der Waals surface area (Å²) < 4.78 is 12.3. The molecule has 0 aliphatic carbocycles. The summed E-state index contributed by atoms with van der Waals surface area (Å²) in [6.45, 7) is 2.38. The number of ether oxygens (including phenoxy) is 2. The van der Waals surface area contributed by atoms with Crippen molar-refractivity contribution in [3.8, 4) is 0 Å². The quantitative estimate of drug-likeness (QED) is 0.734. The summed E-state index contributed by atoms with van der Waals surface area (Å²) in [4.78, 5) is 26.9. The van der Waals surface area contributed by atoms with Crippen LogP contribution in [0.2, 0.25) is 0 Å². The van der Waals surface area contributed by atoms with E-state index in [2.05, 4.69) is 21.0 Å². The highest BCUT2D eigenvalue weighted by molar-refractivity contribution is 9.10. The van der Waals surface area contributed by atoms with Gasteiger partial charge in [-0.25, -0.2) is 5.01 Å². The Morgan fingerprint density at radius 2 is 1.73 bits per heavy atom. The molecule has 1 spiro atoms. The van der Waals surface area contributed by atoms with Crippen molar-refractivity contribution in [1.29, 1.82) is 0 Å². The number of amides is 2. The molecule has 8 heteroatoms. The van der Waals surface area contributed by atoms with E-state index in [1.54, 1.807) is 17.0 Å². The minimum atomic E-state index is -0.509. The summed E-state index contributed by atoms with van der Waals surface area (Å²) in [5.41, 5.74) is 1.09. The Morgan fingerprint density at radius 3 is 2.38 bits per heavy atom. The zero-order chi connectivity index (χ0) is 18.1. The average Bonchev–Trinajstić information content (AvgIpc) is 3.11. The Bertz CT molecular complexity index is 733. The SMILES string of the molecule is O=C(C1=NN(c2ccc(Br)cc2)C(=O)CC1)N1CCC2(CC1)OCCO2. The molecule has 26 heavy (non-hydrogen) atoms. The Hall–Kier alpha value is -1.77. The third-order valence-electron chi connectivity index (χ3n) is 4.98. The molecule has 2 saturated heterocycles. The lowest BCUT2D eigenvalue weighted by atomic mass is 10.0. The van der Waals surface area contributed by atoms with E-state index >= 15 is 0 Å².